The molecular formula is C52H35N3. The SMILES string of the molecule is c1ccc(-c2cc(-c3ccc4c(ccc5c(-c6ccccc6)nc6cc(N(c7ccccc7)c7ccccc7)ccc6c54)c3)cc(-c3ccccc3)n2)cc1. The molecule has 0 bridgehead atoms. The molecule has 10 aromatic rings. The van der Waals surface area contributed by atoms with Gasteiger partial charge in [-0.3, -0.25) is 0 Å². The molecule has 0 aliphatic rings. The number of hydrogen-bond donors (Lipinski definition) is 0. The molecule has 2 aromatic heterocycles. The summed E-state index contributed by atoms with van der Waals surface area (Å²) < 4.78 is 0. The Labute approximate surface area is 320 Å². The molecule has 0 aliphatic carbocycles. The molecule has 10 rings (SSSR count). The van der Waals surface area contributed by atoms with Crippen LogP contribution in [0.15, 0.2) is 212 Å². The van der Waals surface area contributed by atoms with Crippen LogP contribution in [0, 0.1) is 0 Å². The van der Waals surface area contributed by atoms with Gasteiger partial charge in [0.2, 0.25) is 0 Å². The van der Waals surface area contributed by atoms with Crippen molar-refractivity contribution in [1.29, 1.82) is 0 Å². The maximum Gasteiger partial charge on any atom is 0.0788 e. The van der Waals surface area contributed by atoms with E-state index in [2.05, 4.69) is 205 Å². The van der Waals surface area contributed by atoms with Gasteiger partial charge in [0.25, 0.3) is 0 Å². The maximum atomic E-state index is 5.42. The third kappa shape index (κ3) is 6.08. The van der Waals surface area contributed by atoms with E-state index in [1.165, 1.54) is 16.2 Å². The van der Waals surface area contributed by atoms with Crippen molar-refractivity contribution < 1.29 is 0 Å². The number of rotatable bonds is 7. The zero-order valence-electron chi connectivity index (χ0n) is 30.0. The second kappa shape index (κ2) is 13.9. The van der Waals surface area contributed by atoms with Gasteiger partial charge in [0.15, 0.2) is 0 Å². The lowest BCUT2D eigenvalue weighted by molar-refractivity contribution is 1.28. The highest BCUT2D eigenvalue weighted by Gasteiger charge is 2.18. The predicted molar refractivity (Wildman–Crippen MR) is 231 cm³/mol. The van der Waals surface area contributed by atoms with Crippen LogP contribution < -0.4 is 4.90 Å². The summed E-state index contributed by atoms with van der Waals surface area (Å²) in [6, 6.07) is 75.0. The number of fused-ring (bicyclic) bond motifs is 5. The maximum absolute atomic E-state index is 5.42. The van der Waals surface area contributed by atoms with E-state index < -0.39 is 0 Å². The minimum atomic E-state index is 0.950. The summed E-state index contributed by atoms with van der Waals surface area (Å²) in [6.07, 6.45) is 0. The van der Waals surface area contributed by atoms with Gasteiger partial charge in [-0.1, -0.05) is 158 Å². The number of pyridine rings is 2. The lowest BCUT2D eigenvalue weighted by atomic mass is 9.92. The fourth-order valence-electron chi connectivity index (χ4n) is 7.77. The third-order valence-corrected chi connectivity index (χ3v) is 10.4. The van der Waals surface area contributed by atoms with Gasteiger partial charge in [-0.05, 0) is 76.5 Å². The van der Waals surface area contributed by atoms with E-state index in [9.17, 15) is 0 Å². The molecule has 0 fully saturated rings. The summed E-state index contributed by atoms with van der Waals surface area (Å²) in [7, 11) is 0. The molecule has 0 aliphatic heterocycles. The first-order chi connectivity index (χ1) is 27.3. The summed E-state index contributed by atoms with van der Waals surface area (Å²) >= 11 is 0. The molecule has 0 spiro atoms. The molecule has 0 atom stereocenters. The first kappa shape index (κ1) is 32.3. The Morgan fingerprint density at radius 2 is 0.818 bits per heavy atom. The van der Waals surface area contributed by atoms with Gasteiger partial charge in [0.05, 0.1) is 22.6 Å². The highest BCUT2D eigenvalue weighted by Crippen LogP contribution is 2.42. The molecule has 0 saturated carbocycles. The van der Waals surface area contributed by atoms with Crippen molar-refractivity contribution in [3.8, 4) is 44.9 Å². The Balaban J connectivity index is 1.18. The van der Waals surface area contributed by atoms with Crippen molar-refractivity contribution in [2.75, 3.05) is 4.90 Å². The van der Waals surface area contributed by atoms with E-state index >= 15 is 0 Å². The number of benzene rings is 8. The van der Waals surface area contributed by atoms with E-state index in [0.717, 1.165) is 78.3 Å². The average Bonchev–Trinajstić information content (AvgIpc) is 3.27. The second-order valence-corrected chi connectivity index (χ2v) is 13.8. The standard InChI is InChI=1S/C52H35N3/c1-6-16-36(17-7-1)48-33-41(34-49(53-48)37-18-8-2-9-19-37)39-26-29-45-40(32-39)27-30-47-51(45)46-31-28-44(35-50(46)54-52(47)38-20-10-3-11-21-38)55(42-22-12-4-13-23-42)43-24-14-5-15-25-43/h1-35H. The van der Waals surface area contributed by atoms with Crippen LogP contribution in [0.1, 0.15) is 0 Å². The third-order valence-electron chi connectivity index (χ3n) is 10.4. The topological polar surface area (TPSA) is 29.0 Å². The van der Waals surface area contributed by atoms with Crippen LogP contribution in [0.5, 0.6) is 0 Å². The first-order valence-corrected chi connectivity index (χ1v) is 18.7. The van der Waals surface area contributed by atoms with Crippen LogP contribution >= 0.6 is 0 Å². The van der Waals surface area contributed by atoms with Gasteiger partial charge in [0, 0.05) is 49.9 Å². The van der Waals surface area contributed by atoms with E-state index in [1.807, 2.05) is 12.1 Å². The van der Waals surface area contributed by atoms with Gasteiger partial charge in [-0.2, -0.15) is 0 Å². The van der Waals surface area contributed by atoms with Crippen LogP contribution in [0.3, 0.4) is 0 Å². The van der Waals surface area contributed by atoms with Crippen molar-refractivity contribution >= 4 is 49.5 Å². The largest absolute Gasteiger partial charge is 0.310 e. The van der Waals surface area contributed by atoms with E-state index in [-0.39, 0.29) is 0 Å². The van der Waals surface area contributed by atoms with Crippen LogP contribution in [0.2, 0.25) is 0 Å². The summed E-state index contributed by atoms with van der Waals surface area (Å²) in [5, 5.41) is 5.84. The minimum absolute atomic E-state index is 0.950. The number of para-hydroxylation sites is 2. The minimum Gasteiger partial charge on any atom is -0.310 e. The Hall–Kier alpha value is -7.36. The summed E-state index contributed by atoms with van der Waals surface area (Å²) in [5.74, 6) is 0. The summed E-state index contributed by atoms with van der Waals surface area (Å²) in [6.45, 7) is 0. The summed E-state index contributed by atoms with van der Waals surface area (Å²) in [4.78, 5) is 12.8. The Morgan fingerprint density at radius 3 is 1.40 bits per heavy atom. The predicted octanol–water partition coefficient (Wildman–Crippen LogP) is 14.1. The Kier molecular flexibility index (Phi) is 8.16. The van der Waals surface area contributed by atoms with E-state index in [1.54, 1.807) is 0 Å². The highest BCUT2D eigenvalue weighted by molar-refractivity contribution is 6.23. The smallest absolute Gasteiger partial charge is 0.0788 e. The highest BCUT2D eigenvalue weighted by atomic mass is 15.1. The molecule has 2 heterocycles. The fourth-order valence-corrected chi connectivity index (χ4v) is 7.77. The number of hydrogen-bond acceptors (Lipinski definition) is 3. The van der Waals surface area contributed by atoms with Crippen molar-refractivity contribution in [3.63, 3.8) is 0 Å². The van der Waals surface area contributed by atoms with E-state index in [4.69, 9.17) is 9.97 Å². The van der Waals surface area contributed by atoms with Crippen molar-refractivity contribution in [2.45, 2.75) is 0 Å². The van der Waals surface area contributed by atoms with Crippen LogP contribution in [0.4, 0.5) is 17.1 Å². The van der Waals surface area contributed by atoms with Crippen LogP contribution in [-0.4, -0.2) is 9.97 Å². The Bertz CT molecular complexity index is 2850. The van der Waals surface area contributed by atoms with E-state index in [0.29, 0.717) is 0 Å². The lowest BCUT2D eigenvalue weighted by Gasteiger charge is -2.26. The summed E-state index contributed by atoms with van der Waals surface area (Å²) in [5.41, 5.74) is 12.6. The molecule has 3 heteroatoms. The van der Waals surface area contributed by atoms with Crippen LogP contribution in [0.25, 0.3) is 77.3 Å². The molecule has 258 valence electrons. The number of nitrogens with zero attached hydrogens (tertiary/aromatic N) is 3. The average molecular weight is 702 g/mol. The Morgan fingerprint density at radius 1 is 0.309 bits per heavy atom. The molecule has 0 N–H and O–H groups in total. The first-order valence-electron chi connectivity index (χ1n) is 18.7. The van der Waals surface area contributed by atoms with Crippen molar-refractivity contribution in [1.82, 2.24) is 9.97 Å². The zero-order valence-corrected chi connectivity index (χ0v) is 30.0. The van der Waals surface area contributed by atoms with Crippen LogP contribution in [-0.2, 0) is 0 Å². The fraction of sp³-hybridized carbons (Fsp3) is 0. The van der Waals surface area contributed by atoms with Crippen molar-refractivity contribution in [3.05, 3.63) is 212 Å². The molecule has 0 saturated heterocycles. The molecule has 3 nitrogen and oxygen atoms in total. The van der Waals surface area contributed by atoms with Gasteiger partial charge >= 0.3 is 0 Å². The van der Waals surface area contributed by atoms with Gasteiger partial charge in [0.1, 0.15) is 0 Å². The number of aromatic nitrogens is 2. The normalized spacial score (nSPS) is 11.3. The monoisotopic (exact) mass is 701 g/mol. The van der Waals surface area contributed by atoms with Gasteiger partial charge < -0.3 is 4.90 Å². The molecule has 0 amide bonds. The molecule has 0 radical (unpaired) electrons. The number of anilines is 3. The molecule has 8 aromatic carbocycles. The quantitative estimate of drug-likeness (QED) is 0.155. The second-order valence-electron chi connectivity index (χ2n) is 13.8. The molecule has 0 unspecified atom stereocenters. The zero-order chi connectivity index (χ0) is 36.6. The molecule has 55 heavy (non-hydrogen) atoms. The van der Waals surface area contributed by atoms with Gasteiger partial charge in [-0.25, -0.2) is 9.97 Å². The van der Waals surface area contributed by atoms with Crippen molar-refractivity contribution in [2.24, 2.45) is 0 Å². The van der Waals surface area contributed by atoms with Gasteiger partial charge in [-0.15, -0.1) is 0 Å². The molecular weight excluding hydrogens is 667 g/mol. The lowest BCUT2D eigenvalue weighted by Crippen LogP contribution is -2.09.